The Labute approximate surface area is 87.7 Å². The molecule has 1 aromatic rings. The summed E-state index contributed by atoms with van der Waals surface area (Å²) in [7, 11) is 0. The fraction of sp³-hybridized carbons (Fsp3) is 0.364. The average Bonchev–Trinajstić information content (AvgIpc) is 2.32. The van der Waals surface area contributed by atoms with Crippen LogP contribution in [0.2, 0.25) is 0 Å². The number of nitrogens with one attached hydrogen (secondary N) is 2. The highest BCUT2D eigenvalue weighted by atomic mass is 19.1. The third-order valence-electron chi connectivity index (χ3n) is 2.55. The van der Waals surface area contributed by atoms with Crippen molar-refractivity contribution in [2.24, 2.45) is 0 Å². The highest BCUT2D eigenvalue weighted by Crippen LogP contribution is 2.25. The number of rotatable bonds is 0. The smallest absolute Gasteiger partial charge is 0.256 e. The van der Waals surface area contributed by atoms with Gasteiger partial charge in [-0.2, -0.15) is 0 Å². The second-order valence-corrected chi connectivity index (χ2v) is 3.87. The van der Waals surface area contributed by atoms with E-state index in [1.165, 1.54) is 6.07 Å². The highest BCUT2D eigenvalue weighted by molar-refractivity contribution is 6.01. The molecule has 1 heterocycles. The maximum Gasteiger partial charge on any atom is 0.256 e. The largest absolute Gasteiger partial charge is 0.382 e. The van der Waals surface area contributed by atoms with Crippen LogP contribution in [0.1, 0.15) is 22.8 Å². The van der Waals surface area contributed by atoms with Crippen LogP contribution in [0, 0.1) is 12.7 Å². The van der Waals surface area contributed by atoms with E-state index in [-0.39, 0.29) is 17.5 Å². The Morgan fingerprint density at radius 2 is 2.20 bits per heavy atom. The van der Waals surface area contributed by atoms with E-state index in [0.717, 1.165) is 5.56 Å². The first kappa shape index (κ1) is 9.96. The van der Waals surface area contributed by atoms with Crippen molar-refractivity contribution in [3.8, 4) is 0 Å². The molecule has 0 saturated heterocycles. The summed E-state index contributed by atoms with van der Waals surface area (Å²) in [5.74, 6) is -0.821. The van der Waals surface area contributed by atoms with E-state index in [0.29, 0.717) is 12.2 Å². The van der Waals surface area contributed by atoms with Crippen LogP contribution in [0.15, 0.2) is 12.1 Å². The molecule has 0 fully saturated rings. The number of aryl methyl sites for hydroxylation is 1. The molecule has 1 unspecified atom stereocenters. The average molecular weight is 208 g/mol. The van der Waals surface area contributed by atoms with Crippen molar-refractivity contribution in [1.82, 2.24) is 5.32 Å². The van der Waals surface area contributed by atoms with Gasteiger partial charge in [-0.05, 0) is 25.5 Å². The second kappa shape index (κ2) is 3.53. The number of benzene rings is 1. The third kappa shape index (κ3) is 1.67. The minimum absolute atomic E-state index is 0.00343. The van der Waals surface area contributed by atoms with Gasteiger partial charge >= 0.3 is 0 Å². The van der Waals surface area contributed by atoms with E-state index >= 15 is 0 Å². The summed E-state index contributed by atoms with van der Waals surface area (Å²) < 4.78 is 13.5. The van der Waals surface area contributed by atoms with Crippen molar-refractivity contribution in [3.63, 3.8) is 0 Å². The Kier molecular flexibility index (Phi) is 2.34. The minimum atomic E-state index is -0.477. The molecule has 2 rings (SSSR count). The van der Waals surface area contributed by atoms with Gasteiger partial charge in [0.1, 0.15) is 5.82 Å². The summed E-state index contributed by atoms with van der Waals surface area (Å²) in [5.41, 5.74) is 1.62. The molecule has 3 nitrogen and oxygen atoms in total. The normalized spacial score (nSPS) is 19.9. The molecule has 1 aromatic carbocycles. The standard InChI is InChI=1S/C11H13FN2O/c1-6-3-4-8(12)9-10(6)13-5-7(2)14-11(9)15/h3-4,7,13H,5H2,1-2H3,(H,14,15). The molecule has 4 heteroatoms. The van der Waals surface area contributed by atoms with Crippen LogP contribution >= 0.6 is 0 Å². The Balaban J connectivity index is 2.57. The van der Waals surface area contributed by atoms with E-state index < -0.39 is 5.82 Å². The summed E-state index contributed by atoms with van der Waals surface area (Å²) >= 11 is 0. The molecular weight excluding hydrogens is 195 g/mol. The van der Waals surface area contributed by atoms with E-state index in [4.69, 9.17) is 0 Å². The van der Waals surface area contributed by atoms with Gasteiger partial charge in [-0.1, -0.05) is 6.07 Å². The number of anilines is 1. The summed E-state index contributed by atoms with van der Waals surface area (Å²) in [6, 6.07) is 3.00. The van der Waals surface area contributed by atoms with Crippen molar-refractivity contribution in [3.05, 3.63) is 29.1 Å². The molecule has 2 N–H and O–H groups in total. The number of carbonyl (C=O) groups is 1. The van der Waals surface area contributed by atoms with Crippen molar-refractivity contribution >= 4 is 11.6 Å². The number of halogens is 1. The second-order valence-electron chi connectivity index (χ2n) is 3.87. The number of amides is 1. The summed E-state index contributed by atoms with van der Waals surface area (Å²) in [5, 5.41) is 5.82. The van der Waals surface area contributed by atoms with Gasteiger partial charge in [-0.3, -0.25) is 4.79 Å². The predicted octanol–water partition coefficient (Wildman–Crippen LogP) is 1.68. The Morgan fingerprint density at radius 1 is 1.47 bits per heavy atom. The first-order chi connectivity index (χ1) is 7.09. The fourth-order valence-corrected chi connectivity index (χ4v) is 1.73. The fourth-order valence-electron chi connectivity index (χ4n) is 1.73. The topological polar surface area (TPSA) is 41.1 Å². The van der Waals surface area contributed by atoms with E-state index in [9.17, 15) is 9.18 Å². The molecule has 0 aliphatic carbocycles. The zero-order chi connectivity index (χ0) is 11.0. The lowest BCUT2D eigenvalue weighted by Crippen LogP contribution is -2.34. The van der Waals surface area contributed by atoms with E-state index in [1.54, 1.807) is 6.07 Å². The summed E-state index contributed by atoms with van der Waals surface area (Å²) in [4.78, 5) is 11.7. The van der Waals surface area contributed by atoms with Gasteiger partial charge in [0, 0.05) is 12.6 Å². The molecule has 0 spiro atoms. The van der Waals surface area contributed by atoms with Crippen LogP contribution < -0.4 is 10.6 Å². The Bertz CT molecular complexity index is 417. The van der Waals surface area contributed by atoms with Gasteiger partial charge in [-0.15, -0.1) is 0 Å². The molecule has 0 saturated carbocycles. The third-order valence-corrected chi connectivity index (χ3v) is 2.55. The maximum atomic E-state index is 13.5. The van der Waals surface area contributed by atoms with Gasteiger partial charge in [0.15, 0.2) is 0 Å². The summed E-state index contributed by atoms with van der Waals surface area (Å²) in [6.45, 7) is 4.35. The van der Waals surface area contributed by atoms with Gasteiger partial charge in [0.25, 0.3) is 5.91 Å². The number of hydrogen-bond acceptors (Lipinski definition) is 2. The Morgan fingerprint density at radius 3 is 2.93 bits per heavy atom. The zero-order valence-electron chi connectivity index (χ0n) is 8.73. The van der Waals surface area contributed by atoms with Gasteiger partial charge in [-0.25, -0.2) is 4.39 Å². The lowest BCUT2D eigenvalue weighted by Gasteiger charge is -2.10. The van der Waals surface area contributed by atoms with Gasteiger partial charge < -0.3 is 10.6 Å². The lowest BCUT2D eigenvalue weighted by atomic mass is 10.1. The minimum Gasteiger partial charge on any atom is -0.382 e. The van der Waals surface area contributed by atoms with Crippen LogP contribution in [-0.4, -0.2) is 18.5 Å². The molecule has 15 heavy (non-hydrogen) atoms. The molecule has 0 bridgehead atoms. The molecule has 1 aliphatic heterocycles. The molecule has 1 amide bonds. The van der Waals surface area contributed by atoms with E-state index in [2.05, 4.69) is 10.6 Å². The molecule has 80 valence electrons. The van der Waals surface area contributed by atoms with Crippen LogP contribution in [0.4, 0.5) is 10.1 Å². The molecule has 0 aromatic heterocycles. The Hall–Kier alpha value is -1.58. The zero-order valence-corrected chi connectivity index (χ0v) is 8.73. The SMILES string of the molecule is Cc1ccc(F)c2c1NCC(C)NC2=O. The first-order valence-electron chi connectivity index (χ1n) is 4.93. The van der Waals surface area contributed by atoms with Crippen LogP contribution in [-0.2, 0) is 0 Å². The maximum absolute atomic E-state index is 13.5. The van der Waals surface area contributed by atoms with Crippen LogP contribution in [0.25, 0.3) is 0 Å². The molecular formula is C11H13FN2O. The van der Waals surface area contributed by atoms with Crippen LogP contribution in [0.3, 0.4) is 0 Å². The predicted molar refractivity (Wildman–Crippen MR) is 56.6 cm³/mol. The van der Waals surface area contributed by atoms with Crippen molar-refractivity contribution < 1.29 is 9.18 Å². The van der Waals surface area contributed by atoms with Gasteiger partial charge in [0.2, 0.25) is 0 Å². The van der Waals surface area contributed by atoms with Crippen molar-refractivity contribution in [2.75, 3.05) is 11.9 Å². The van der Waals surface area contributed by atoms with Crippen molar-refractivity contribution in [2.45, 2.75) is 19.9 Å². The van der Waals surface area contributed by atoms with Crippen molar-refractivity contribution in [1.29, 1.82) is 0 Å². The molecule has 0 radical (unpaired) electrons. The quantitative estimate of drug-likeness (QED) is 0.681. The lowest BCUT2D eigenvalue weighted by molar-refractivity contribution is 0.0941. The molecule has 1 atom stereocenters. The van der Waals surface area contributed by atoms with Gasteiger partial charge in [0.05, 0.1) is 11.3 Å². The molecule has 1 aliphatic rings. The van der Waals surface area contributed by atoms with Crippen LogP contribution in [0.5, 0.6) is 0 Å². The number of hydrogen-bond donors (Lipinski definition) is 2. The monoisotopic (exact) mass is 208 g/mol. The first-order valence-corrected chi connectivity index (χ1v) is 4.93. The summed E-state index contributed by atoms with van der Waals surface area (Å²) in [6.07, 6.45) is 0. The number of carbonyl (C=O) groups excluding carboxylic acids is 1. The highest BCUT2D eigenvalue weighted by Gasteiger charge is 2.23. The van der Waals surface area contributed by atoms with E-state index in [1.807, 2.05) is 13.8 Å². The number of fused-ring (bicyclic) bond motifs is 1.